The number of hydrogen-bond acceptors (Lipinski definition) is 3. The first-order valence-electron chi connectivity index (χ1n) is 5.88. The van der Waals surface area contributed by atoms with E-state index in [1.807, 2.05) is 0 Å². The first-order chi connectivity index (χ1) is 7.56. The zero-order chi connectivity index (χ0) is 11.8. The molecule has 0 radical (unpaired) electrons. The number of carbonyl (C=O) groups is 1. The summed E-state index contributed by atoms with van der Waals surface area (Å²) in [6.45, 7) is 4.55. The number of nitrogens with zero attached hydrogens (tertiary/aromatic N) is 2. The molecule has 16 heavy (non-hydrogen) atoms. The fourth-order valence-electron chi connectivity index (χ4n) is 2.47. The topological polar surface area (TPSA) is 64.3 Å². The van der Waals surface area contributed by atoms with Gasteiger partial charge in [0.25, 0.3) is 0 Å². The van der Waals surface area contributed by atoms with Crippen LogP contribution in [-0.4, -0.2) is 35.6 Å². The minimum absolute atomic E-state index is 0.234. The van der Waals surface area contributed by atoms with Crippen LogP contribution >= 0.6 is 0 Å². The first-order valence-corrected chi connectivity index (χ1v) is 5.88. The Labute approximate surface area is 95.9 Å². The van der Waals surface area contributed by atoms with Crippen molar-refractivity contribution in [3.05, 3.63) is 0 Å². The van der Waals surface area contributed by atoms with Crippen molar-refractivity contribution in [2.75, 3.05) is 19.6 Å². The van der Waals surface area contributed by atoms with Gasteiger partial charge in [0.15, 0.2) is 0 Å². The maximum absolute atomic E-state index is 10.8. The zero-order valence-electron chi connectivity index (χ0n) is 9.65. The van der Waals surface area contributed by atoms with Crippen LogP contribution in [0.15, 0.2) is 0 Å². The summed E-state index contributed by atoms with van der Waals surface area (Å²) < 4.78 is 0. The third-order valence-electron chi connectivity index (χ3n) is 4.05. The van der Waals surface area contributed by atoms with Crippen molar-refractivity contribution < 1.29 is 9.90 Å². The van der Waals surface area contributed by atoms with E-state index in [-0.39, 0.29) is 11.3 Å². The molecule has 1 atom stereocenters. The molecule has 1 saturated heterocycles. The Morgan fingerprint density at radius 3 is 2.69 bits per heavy atom. The summed E-state index contributed by atoms with van der Waals surface area (Å²) in [5, 5.41) is 17.6. The molecular weight excluding hydrogens is 204 g/mol. The highest BCUT2D eigenvalue weighted by Gasteiger charge is 2.46. The van der Waals surface area contributed by atoms with Gasteiger partial charge in [0.05, 0.1) is 12.0 Å². The largest absolute Gasteiger partial charge is 0.481 e. The Bertz CT molecular complexity index is 324. The number of aliphatic carboxylic acids is 1. The van der Waals surface area contributed by atoms with Gasteiger partial charge in [0.1, 0.15) is 0 Å². The van der Waals surface area contributed by atoms with Gasteiger partial charge in [-0.15, -0.1) is 0 Å². The van der Waals surface area contributed by atoms with Crippen molar-refractivity contribution >= 4 is 5.97 Å². The van der Waals surface area contributed by atoms with E-state index in [1.54, 1.807) is 6.92 Å². The van der Waals surface area contributed by atoms with Gasteiger partial charge in [-0.2, -0.15) is 5.26 Å². The molecule has 2 fully saturated rings. The molecular formula is C12H18N2O2. The van der Waals surface area contributed by atoms with Crippen LogP contribution in [0.2, 0.25) is 0 Å². The normalized spacial score (nSPS) is 25.5. The monoisotopic (exact) mass is 222 g/mol. The van der Waals surface area contributed by atoms with Gasteiger partial charge in [-0.25, -0.2) is 0 Å². The number of carboxylic acid groups (broad SMARTS) is 1. The van der Waals surface area contributed by atoms with Crippen molar-refractivity contribution in [1.82, 2.24) is 4.90 Å². The third-order valence-corrected chi connectivity index (χ3v) is 4.05. The number of hydrogen-bond donors (Lipinski definition) is 1. The van der Waals surface area contributed by atoms with Gasteiger partial charge < -0.3 is 10.0 Å². The summed E-state index contributed by atoms with van der Waals surface area (Å²) in [7, 11) is 0. The molecule has 0 aromatic heterocycles. The van der Waals surface area contributed by atoms with E-state index < -0.39 is 5.97 Å². The molecule has 2 aliphatic rings. The van der Waals surface area contributed by atoms with E-state index in [0.29, 0.717) is 12.3 Å². The second-order valence-corrected chi connectivity index (χ2v) is 5.42. The van der Waals surface area contributed by atoms with Gasteiger partial charge >= 0.3 is 5.97 Å². The van der Waals surface area contributed by atoms with Gasteiger partial charge in [0, 0.05) is 26.1 Å². The predicted octanol–water partition coefficient (Wildman–Crippen LogP) is 1.33. The summed E-state index contributed by atoms with van der Waals surface area (Å²) in [6, 6.07) is 2.26. The SMILES string of the molecule is CC(C(=O)O)C1CN(CC2(CC#N)CC2)C1. The quantitative estimate of drug-likeness (QED) is 0.762. The van der Waals surface area contributed by atoms with Crippen LogP contribution in [0.4, 0.5) is 0 Å². The van der Waals surface area contributed by atoms with Crippen LogP contribution in [0.5, 0.6) is 0 Å². The molecule has 0 aromatic carbocycles. The number of rotatable bonds is 5. The van der Waals surface area contributed by atoms with Gasteiger partial charge in [-0.05, 0) is 24.2 Å². The van der Waals surface area contributed by atoms with Crippen LogP contribution in [0, 0.1) is 28.6 Å². The summed E-state index contributed by atoms with van der Waals surface area (Å²) >= 11 is 0. The fraction of sp³-hybridized carbons (Fsp3) is 0.833. The minimum atomic E-state index is -0.692. The Morgan fingerprint density at radius 1 is 1.62 bits per heavy atom. The lowest BCUT2D eigenvalue weighted by molar-refractivity contribution is -0.145. The molecule has 1 saturated carbocycles. The Kier molecular flexibility index (Phi) is 2.90. The van der Waals surface area contributed by atoms with Crippen LogP contribution in [0.25, 0.3) is 0 Å². The molecule has 1 unspecified atom stereocenters. The van der Waals surface area contributed by atoms with Crippen molar-refractivity contribution in [3.8, 4) is 6.07 Å². The maximum atomic E-state index is 10.8. The molecule has 1 aliphatic carbocycles. The van der Waals surface area contributed by atoms with Crippen LogP contribution in [0.3, 0.4) is 0 Å². The molecule has 1 heterocycles. The van der Waals surface area contributed by atoms with E-state index in [0.717, 1.165) is 32.5 Å². The standard InChI is InChI=1S/C12H18N2O2/c1-9(11(15)16)10-6-14(7-10)8-12(2-3-12)4-5-13/h9-10H,2-4,6-8H2,1H3,(H,15,16). The second kappa shape index (κ2) is 4.06. The van der Waals surface area contributed by atoms with Crippen molar-refractivity contribution in [2.24, 2.45) is 17.3 Å². The molecule has 0 aromatic rings. The molecule has 1 N–H and O–H groups in total. The summed E-state index contributed by atoms with van der Waals surface area (Å²) in [6.07, 6.45) is 2.98. The number of likely N-dealkylation sites (tertiary alicyclic amines) is 1. The lowest BCUT2D eigenvalue weighted by Gasteiger charge is -2.42. The summed E-state index contributed by atoms with van der Waals surface area (Å²) in [5.74, 6) is -0.624. The summed E-state index contributed by atoms with van der Waals surface area (Å²) in [5.41, 5.74) is 0.256. The molecule has 88 valence electrons. The van der Waals surface area contributed by atoms with Crippen LogP contribution in [0.1, 0.15) is 26.2 Å². The highest BCUT2D eigenvalue weighted by atomic mass is 16.4. The minimum Gasteiger partial charge on any atom is -0.481 e. The maximum Gasteiger partial charge on any atom is 0.306 e. The molecule has 1 aliphatic heterocycles. The Hall–Kier alpha value is -1.08. The number of carboxylic acids is 1. The highest BCUT2D eigenvalue weighted by molar-refractivity contribution is 5.70. The van der Waals surface area contributed by atoms with Crippen molar-refractivity contribution in [2.45, 2.75) is 26.2 Å². The average molecular weight is 222 g/mol. The first kappa shape index (κ1) is 11.4. The van der Waals surface area contributed by atoms with E-state index in [2.05, 4.69) is 11.0 Å². The smallest absolute Gasteiger partial charge is 0.306 e. The van der Waals surface area contributed by atoms with E-state index in [1.165, 1.54) is 0 Å². The van der Waals surface area contributed by atoms with Crippen molar-refractivity contribution in [3.63, 3.8) is 0 Å². The van der Waals surface area contributed by atoms with Gasteiger partial charge in [-0.3, -0.25) is 4.79 Å². The zero-order valence-corrected chi connectivity index (χ0v) is 9.65. The predicted molar refractivity (Wildman–Crippen MR) is 58.6 cm³/mol. The number of nitriles is 1. The molecule has 0 bridgehead atoms. The fourth-order valence-corrected chi connectivity index (χ4v) is 2.47. The molecule has 2 rings (SSSR count). The van der Waals surface area contributed by atoms with Crippen LogP contribution < -0.4 is 0 Å². The van der Waals surface area contributed by atoms with E-state index in [4.69, 9.17) is 10.4 Å². The molecule has 4 nitrogen and oxygen atoms in total. The average Bonchev–Trinajstić information content (AvgIpc) is 2.91. The molecule has 0 amide bonds. The highest BCUT2D eigenvalue weighted by Crippen LogP contribution is 2.50. The van der Waals surface area contributed by atoms with Crippen LogP contribution in [-0.2, 0) is 4.79 Å². The van der Waals surface area contributed by atoms with Gasteiger partial charge in [0.2, 0.25) is 0 Å². The molecule has 0 spiro atoms. The second-order valence-electron chi connectivity index (χ2n) is 5.42. The lowest BCUT2D eigenvalue weighted by atomic mass is 9.86. The summed E-state index contributed by atoms with van der Waals surface area (Å²) in [4.78, 5) is 13.1. The van der Waals surface area contributed by atoms with E-state index in [9.17, 15) is 4.79 Å². The lowest BCUT2D eigenvalue weighted by Crippen LogP contribution is -2.52. The Morgan fingerprint density at radius 2 is 2.25 bits per heavy atom. The molecule has 4 heteroatoms. The van der Waals surface area contributed by atoms with Crippen molar-refractivity contribution in [1.29, 1.82) is 5.26 Å². The van der Waals surface area contributed by atoms with Gasteiger partial charge in [-0.1, -0.05) is 6.92 Å². The Balaban J connectivity index is 1.73. The van der Waals surface area contributed by atoms with E-state index >= 15 is 0 Å². The third kappa shape index (κ3) is 2.19.